The topological polar surface area (TPSA) is 105 Å². The highest BCUT2D eigenvalue weighted by atomic mass is 16.5. The molecule has 0 radical (unpaired) electrons. The maximum Gasteiger partial charge on any atom is 0.244 e. The zero-order valence-electron chi connectivity index (χ0n) is 9.58. The van der Waals surface area contributed by atoms with Gasteiger partial charge in [-0.05, 0) is 37.0 Å². The molecule has 4 N–H and O–H groups in total. The molecule has 1 heterocycles. The smallest absolute Gasteiger partial charge is 0.244 e. The van der Waals surface area contributed by atoms with Gasteiger partial charge in [-0.3, -0.25) is 0 Å². The maximum absolute atomic E-state index is 9.41. The van der Waals surface area contributed by atoms with Gasteiger partial charge in [0, 0.05) is 5.56 Å². The summed E-state index contributed by atoms with van der Waals surface area (Å²) in [5.41, 5.74) is 6.53. The van der Waals surface area contributed by atoms with Gasteiger partial charge in [0.1, 0.15) is 0 Å². The molecule has 2 aromatic rings. The molecule has 1 atom stereocenters. The molecule has 6 heteroatoms. The van der Waals surface area contributed by atoms with Crippen LogP contribution in [0, 0.1) is 5.92 Å². The molecule has 0 aliphatic heterocycles. The van der Waals surface area contributed by atoms with Gasteiger partial charge in [-0.2, -0.15) is 4.98 Å². The normalized spacial score (nSPS) is 16.7. The third-order valence-corrected chi connectivity index (χ3v) is 3.09. The highest BCUT2D eigenvalue weighted by molar-refractivity contribution is 5.59. The van der Waals surface area contributed by atoms with E-state index in [-0.39, 0.29) is 17.5 Å². The molecule has 1 fully saturated rings. The summed E-state index contributed by atoms with van der Waals surface area (Å²) >= 11 is 0. The highest BCUT2D eigenvalue weighted by Gasteiger charge is 2.33. The molecule has 1 aliphatic rings. The van der Waals surface area contributed by atoms with Crippen LogP contribution in [0.1, 0.15) is 24.8 Å². The Balaban J connectivity index is 1.89. The third-order valence-electron chi connectivity index (χ3n) is 3.09. The average Bonchev–Trinajstić information content (AvgIpc) is 3.09. The maximum atomic E-state index is 9.41. The van der Waals surface area contributed by atoms with Crippen molar-refractivity contribution in [2.24, 2.45) is 11.7 Å². The first kappa shape index (κ1) is 11.0. The molecular formula is C12H13N3O3. The minimum absolute atomic E-state index is 0.183. The van der Waals surface area contributed by atoms with E-state index in [9.17, 15) is 10.2 Å². The molecule has 1 aliphatic carbocycles. The van der Waals surface area contributed by atoms with Crippen LogP contribution in [0.3, 0.4) is 0 Å². The lowest BCUT2D eigenvalue weighted by molar-refractivity contribution is 0.343. The van der Waals surface area contributed by atoms with Gasteiger partial charge in [-0.15, -0.1) is 0 Å². The number of phenols is 2. The summed E-state index contributed by atoms with van der Waals surface area (Å²) in [6.07, 6.45) is 2.19. The molecule has 3 rings (SSSR count). The Morgan fingerprint density at radius 2 is 2.06 bits per heavy atom. The summed E-state index contributed by atoms with van der Waals surface area (Å²) in [5.74, 6) is 0.811. The number of aromatic nitrogens is 2. The van der Waals surface area contributed by atoms with Gasteiger partial charge in [0.2, 0.25) is 11.7 Å². The molecular weight excluding hydrogens is 234 g/mol. The van der Waals surface area contributed by atoms with Crippen LogP contribution < -0.4 is 5.73 Å². The first-order valence-corrected chi connectivity index (χ1v) is 5.76. The second kappa shape index (κ2) is 3.99. The first-order valence-electron chi connectivity index (χ1n) is 5.76. The zero-order valence-corrected chi connectivity index (χ0v) is 9.58. The Bertz CT molecular complexity index is 578. The monoisotopic (exact) mass is 247 g/mol. The van der Waals surface area contributed by atoms with Crippen LogP contribution >= 0.6 is 0 Å². The second-order valence-corrected chi connectivity index (χ2v) is 4.52. The van der Waals surface area contributed by atoms with Crippen LogP contribution in [-0.2, 0) is 0 Å². The van der Waals surface area contributed by atoms with Crippen molar-refractivity contribution in [1.29, 1.82) is 0 Å². The van der Waals surface area contributed by atoms with E-state index in [0.29, 0.717) is 23.2 Å². The van der Waals surface area contributed by atoms with Gasteiger partial charge in [0.15, 0.2) is 11.5 Å². The molecule has 0 bridgehead atoms. The minimum atomic E-state index is -0.217. The molecule has 1 aromatic carbocycles. The van der Waals surface area contributed by atoms with Gasteiger partial charge in [-0.1, -0.05) is 5.16 Å². The summed E-state index contributed by atoms with van der Waals surface area (Å²) in [6, 6.07) is 4.15. The van der Waals surface area contributed by atoms with E-state index < -0.39 is 0 Å². The Labute approximate surface area is 103 Å². The van der Waals surface area contributed by atoms with Crippen LogP contribution in [0.15, 0.2) is 22.7 Å². The Morgan fingerprint density at radius 1 is 1.28 bits per heavy atom. The fourth-order valence-electron chi connectivity index (χ4n) is 1.81. The van der Waals surface area contributed by atoms with E-state index in [1.54, 1.807) is 6.07 Å². The quantitative estimate of drug-likeness (QED) is 0.711. The Morgan fingerprint density at radius 3 is 2.72 bits per heavy atom. The van der Waals surface area contributed by atoms with Crippen molar-refractivity contribution in [3.05, 3.63) is 24.1 Å². The van der Waals surface area contributed by atoms with Gasteiger partial charge >= 0.3 is 0 Å². The lowest BCUT2D eigenvalue weighted by Crippen LogP contribution is -2.12. The molecule has 6 nitrogen and oxygen atoms in total. The van der Waals surface area contributed by atoms with E-state index in [1.165, 1.54) is 12.1 Å². The van der Waals surface area contributed by atoms with Crippen LogP contribution in [-0.4, -0.2) is 20.4 Å². The van der Waals surface area contributed by atoms with Crippen LogP contribution in [0.5, 0.6) is 11.5 Å². The van der Waals surface area contributed by atoms with Crippen molar-refractivity contribution in [3.8, 4) is 22.9 Å². The largest absolute Gasteiger partial charge is 0.504 e. The number of phenolic OH excluding ortho intramolecular Hbond substituents is 2. The van der Waals surface area contributed by atoms with E-state index >= 15 is 0 Å². The standard InChI is InChI=1S/C12H13N3O3/c13-10(6-1-2-6)12-14-11(15-18-12)7-3-4-8(16)9(17)5-7/h3-6,10,16-17H,1-2,13H2. The zero-order chi connectivity index (χ0) is 12.7. The van der Waals surface area contributed by atoms with Gasteiger partial charge in [-0.25, -0.2) is 0 Å². The lowest BCUT2D eigenvalue weighted by Gasteiger charge is -2.01. The minimum Gasteiger partial charge on any atom is -0.504 e. The summed E-state index contributed by atoms with van der Waals surface area (Å²) in [4.78, 5) is 4.22. The van der Waals surface area contributed by atoms with Crippen molar-refractivity contribution >= 4 is 0 Å². The van der Waals surface area contributed by atoms with Crippen molar-refractivity contribution in [2.45, 2.75) is 18.9 Å². The second-order valence-electron chi connectivity index (χ2n) is 4.52. The summed E-state index contributed by atoms with van der Waals surface area (Å²) in [7, 11) is 0. The summed E-state index contributed by atoms with van der Waals surface area (Å²) < 4.78 is 5.12. The van der Waals surface area contributed by atoms with Crippen molar-refractivity contribution in [2.75, 3.05) is 0 Å². The number of benzene rings is 1. The lowest BCUT2D eigenvalue weighted by atomic mass is 10.2. The predicted molar refractivity (Wildman–Crippen MR) is 62.7 cm³/mol. The van der Waals surface area contributed by atoms with Gasteiger partial charge in [0.05, 0.1) is 6.04 Å². The van der Waals surface area contributed by atoms with Gasteiger partial charge in [0.25, 0.3) is 0 Å². The number of nitrogens with two attached hydrogens (primary N) is 1. The fourth-order valence-corrected chi connectivity index (χ4v) is 1.81. The number of hydrogen-bond acceptors (Lipinski definition) is 6. The molecule has 0 amide bonds. The molecule has 94 valence electrons. The van der Waals surface area contributed by atoms with Crippen molar-refractivity contribution in [1.82, 2.24) is 10.1 Å². The number of hydrogen-bond donors (Lipinski definition) is 3. The molecule has 1 saturated carbocycles. The first-order chi connectivity index (χ1) is 8.65. The van der Waals surface area contributed by atoms with Crippen LogP contribution in [0.4, 0.5) is 0 Å². The SMILES string of the molecule is NC(c1nc(-c2ccc(O)c(O)c2)no1)C1CC1. The average molecular weight is 247 g/mol. The van der Waals surface area contributed by atoms with E-state index in [1.807, 2.05) is 0 Å². The number of nitrogens with zero attached hydrogens (tertiary/aromatic N) is 2. The van der Waals surface area contributed by atoms with Crippen LogP contribution in [0.25, 0.3) is 11.4 Å². The molecule has 1 unspecified atom stereocenters. The number of rotatable bonds is 3. The van der Waals surface area contributed by atoms with E-state index in [2.05, 4.69) is 10.1 Å². The Hall–Kier alpha value is -2.08. The summed E-state index contributed by atoms with van der Waals surface area (Å²) in [6.45, 7) is 0. The summed E-state index contributed by atoms with van der Waals surface area (Å²) in [5, 5.41) is 22.5. The van der Waals surface area contributed by atoms with Crippen molar-refractivity contribution in [3.63, 3.8) is 0 Å². The van der Waals surface area contributed by atoms with E-state index in [4.69, 9.17) is 10.3 Å². The number of aromatic hydroxyl groups is 2. The van der Waals surface area contributed by atoms with Crippen molar-refractivity contribution < 1.29 is 14.7 Å². The van der Waals surface area contributed by atoms with Crippen LogP contribution in [0.2, 0.25) is 0 Å². The van der Waals surface area contributed by atoms with Gasteiger partial charge < -0.3 is 20.5 Å². The van der Waals surface area contributed by atoms with E-state index in [0.717, 1.165) is 12.8 Å². The third kappa shape index (κ3) is 1.91. The molecule has 0 spiro atoms. The molecule has 1 aromatic heterocycles. The molecule has 18 heavy (non-hydrogen) atoms. The Kier molecular flexibility index (Phi) is 2.45. The molecule has 0 saturated heterocycles. The predicted octanol–water partition coefficient (Wildman–Crippen LogP) is 1.56. The fraction of sp³-hybridized carbons (Fsp3) is 0.333. The highest BCUT2D eigenvalue weighted by Crippen LogP contribution is 2.39.